The molecule has 0 aromatic heterocycles. The summed E-state index contributed by atoms with van der Waals surface area (Å²) in [6, 6.07) is 0. The molecule has 0 saturated heterocycles. The molecule has 4 saturated carbocycles. The molecule has 0 bridgehead atoms. The van der Waals surface area contributed by atoms with Gasteiger partial charge in [-0.1, -0.05) is 13.8 Å². The lowest BCUT2D eigenvalue weighted by Gasteiger charge is -2.62. The number of fused-ring (bicyclic) bond motifs is 5. The van der Waals surface area contributed by atoms with Gasteiger partial charge in [-0.3, -0.25) is 4.79 Å². The van der Waals surface area contributed by atoms with Crippen molar-refractivity contribution in [3.63, 3.8) is 0 Å². The Labute approximate surface area is 151 Å². The summed E-state index contributed by atoms with van der Waals surface area (Å²) in [6.45, 7) is 4.19. The molecule has 4 aliphatic rings. The molecule has 0 spiro atoms. The van der Waals surface area contributed by atoms with Crippen molar-refractivity contribution in [1.29, 1.82) is 0 Å². The lowest BCUT2D eigenvalue weighted by atomic mass is 9.44. The number of hydrogen-bond donors (Lipinski definition) is 3. The normalized spacial score (nSPS) is 55.2. The topological polar surface area (TPSA) is 77.8 Å². The van der Waals surface area contributed by atoms with Gasteiger partial charge in [0, 0.05) is 5.92 Å². The minimum absolute atomic E-state index is 0.0312. The van der Waals surface area contributed by atoms with Crippen LogP contribution in [0, 0.1) is 40.4 Å². The molecular formula is C21H34O4. The minimum Gasteiger partial charge on any atom is -0.393 e. The quantitative estimate of drug-likeness (QED) is 0.715. The van der Waals surface area contributed by atoms with Gasteiger partial charge in [-0.05, 0) is 85.9 Å². The Morgan fingerprint density at radius 2 is 1.80 bits per heavy atom. The molecule has 4 heteroatoms. The van der Waals surface area contributed by atoms with Crippen molar-refractivity contribution in [2.24, 2.45) is 40.4 Å². The van der Waals surface area contributed by atoms with Crippen molar-refractivity contribution in [3.05, 3.63) is 0 Å². The molecule has 0 aromatic carbocycles. The largest absolute Gasteiger partial charge is 0.393 e. The van der Waals surface area contributed by atoms with Crippen molar-refractivity contribution in [3.8, 4) is 0 Å². The molecule has 0 radical (unpaired) electrons. The number of carbonyl (C=O) groups is 1. The second-order valence-corrected chi connectivity index (χ2v) is 10.0. The van der Waals surface area contributed by atoms with E-state index in [9.17, 15) is 20.1 Å². The predicted octanol–water partition coefficient (Wildman–Crippen LogP) is 2.54. The zero-order chi connectivity index (χ0) is 18.0. The van der Waals surface area contributed by atoms with E-state index in [2.05, 4.69) is 13.8 Å². The van der Waals surface area contributed by atoms with Crippen molar-refractivity contribution >= 4 is 5.78 Å². The summed E-state index contributed by atoms with van der Waals surface area (Å²) in [5.74, 6) is 1.69. The van der Waals surface area contributed by atoms with Crippen molar-refractivity contribution in [2.75, 3.05) is 6.61 Å². The Balaban J connectivity index is 1.65. The first-order valence-corrected chi connectivity index (χ1v) is 10.3. The number of Topliss-reactive ketones (excluding diaryl/α,β-unsaturated/α-hetero) is 1. The Kier molecular flexibility index (Phi) is 4.33. The maximum atomic E-state index is 12.3. The van der Waals surface area contributed by atoms with Crippen LogP contribution < -0.4 is 0 Å². The Hall–Kier alpha value is -0.450. The fourth-order valence-electron chi connectivity index (χ4n) is 8.00. The first-order valence-electron chi connectivity index (χ1n) is 10.3. The molecule has 0 amide bonds. The molecular weight excluding hydrogens is 316 g/mol. The number of carbonyl (C=O) groups excluding carboxylic acids is 1. The van der Waals surface area contributed by atoms with Crippen LogP contribution in [0.1, 0.15) is 65.2 Å². The second kappa shape index (κ2) is 6.03. The summed E-state index contributed by atoms with van der Waals surface area (Å²) in [5, 5.41) is 30.7. The fraction of sp³-hybridized carbons (Fsp3) is 0.952. The van der Waals surface area contributed by atoms with Crippen molar-refractivity contribution in [2.45, 2.75) is 77.4 Å². The zero-order valence-corrected chi connectivity index (χ0v) is 15.7. The van der Waals surface area contributed by atoms with Gasteiger partial charge in [0.25, 0.3) is 0 Å². The van der Waals surface area contributed by atoms with E-state index < -0.39 is 0 Å². The Bertz CT molecular complexity index is 548. The van der Waals surface area contributed by atoms with Gasteiger partial charge in [0.2, 0.25) is 0 Å². The lowest BCUT2D eigenvalue weighted by Crippen LogP contribution is -2.59. The minimum atomic E-state index is -0.366. The summed E-state index contributed by atoms with van der Waals surface area (Å²) < 4.78 is 0. The van der Waals surface area contributed by atoms with Gasteiger partial charge in [-0.25, -0.2) is 0 Å². The van der Waals surface area contributed by atoms with Crippen LogP contribution in [-0.2, 0) is 4.79 Å². The van der Waals surface area contributed by atoms with E-state index in [1.165, 1.54) is 0 Å². The molecule has 142 valence electrons. The maximum Gasteiger partial charge on any atom is 0.161 e. The van der Waals surface area contributed by atoms with Gasteiger partial charge in [0.05, 0.1) is 12.2 Å². The van der Waals surface area contributed by atoms with Gasteiger partial charge in [0.15, 0.2) is 5.78 Å². The molecule has 4 nitrogen and oxygen atoms in total. The molecule has 9 atom stereocenters. The van der Waals surface area contributed by atoms with E-state index in [-0.39, 0.29) is 41.3 Å². The highest BCUT2D eigenvalue weighted by Gasteiger charge is 2.63. The van der Waals surface area contributed by atoms with Gasteiger partial charge in [0.1, 0.15) is 6.61 Å². The van der Waals surface area contributed by atoms with Crippen LogP contribution in [0.25, 0.3) is 0 Å². The van der Waals surface area contributed by atoms with Gasteiger partial charge in [-0.2, -0.15) is 0 Å². The molecule has 0 aliphatic heterocycles. The second-order valence-electron chi connectivity index (χ2n) is 10.0. The summed E-state index contributed by atoms with van der Waals surface area (Å²) >= 11 is 0. The van der Waals surface area contributed by atoms with Crippen LogP contribution in [0.15, 0.2) is 0 Å². The average molecular weight is 350 g/mol. The summed E-state index contributed by atoms with van der Waals surface area (Å²) in [4.78, 5) is 12.3. The molecule has 0 unspecified atom stereocenters. The molecule has 3 N–H and O–H groups in total. The van der Waals surface area contributed by atoms with E-state index in [4.69, 9.17) is 0 Å². The van der Waals surface area contributed by atoms with Crippen LogP contribution in [-0.4, -0.2) is 39.9 Å². The third kappa shape index (κ3) is 2.47. The van der Waals surface area contributed by atoms with Crippen molar-refractivity contribution in [1.82, 2.24) is 0 Å². The highest BCUT2D eigenvalue weighted by molar-refractivity contribution is 5.83. The predicted molar refractivity (Wildman–Crippen MR) is 94.7 cm³/mol. The third-order valence-corrected chi connectivity index (χ3v) is 9.11. The van der Waals surface area contributed by atoms with Crippen LogP contribution >= 0.6 is 0 Å². The Morgan fingerprint density at radius 3 is 2.52 bits per heavy atom. The van der Waals surface area contributed by atoms with Crippen LogP contribution in [0.5, 0.6) is 0 Å². The van der Waals surface area contributed by atoms with E-state index in [0.29, 0.717) is 30.1 Å². The van der Waals surface area contributed by atoms with E-state index in [0.717, 1.165) is 44.9 Å². The number of ketones is 1. The number of hydrogen-bond acceptors (Lipinski definition) is 4. The van der Waals surface area contributed by atoms with E-state index >= 15 is 0 Å². The van der Waals surface area contributed by atoms with E-state index in [1.54, 1.807) is 0 Å². The maximum absolute atomic E-state index is 12.3. The van der Waals surface area contributed by atoms with Gasteiger partial charge in [-0.15, -0.1) is 0 Å². The average Bonchev–Trinajstić information content (AvgIpc) is 2.91. The number of aliphatic hydroxyl groups excluding tert-OH is 3. The molecule has 4 aliphatic carbocycles. The third-order valence-electron chi connectivity index (χ3n) is 9.11. The monoisotopic (exact) mass is 350 g/mol. The highest BCUT2D eigenvalue weighted by Crippen LogP contribution is 2.67. The van der Waals surface area contributed by atoms with Gasteiger partial charge >= 0.3 is 0 Å². The SMILES string of the molecule is C[C@]12CC[C@@H](O)C[C@@H]1CC[C@H]1[C@H]2[C@@H](O)C[C@@]2(C)[C@@H]1CC[C@H]2C(=O)CO. The molecule has 0 aromatic rings. The number of rotatable bonds is 2. The number of aliphatic hydroxyl groups is 3. The van der Waals surface area contributed by atoms with Crippen LogP contribution in [0.2, 0.25) is 0 Å². The first-order chi connectivity index (χ1) is 11.8. The fourth-order valence-corrected chi connectivity index (χ4v) is 8.00. The molecule has 4 rings (SSSR count). The smallest absolute Gasteiger partial charge is 0.161 e. The Morgan fingerprint density at radius 1 is 1.04 bits per heavy atom. The zero-order valence-electron chi connectivity index (χ0n) is 15.7. The van der Waals surface area contributed by atoms with E-state index in [1.807, 2.05) is 0 Å². The first kappa shape index (κ1) is 17.9. The summed E-state index contributed by atoms with van der Waals surface area (Å²) in [7, 11) is 0. The summed E-state index contributed by atoms with van der Waals surface area (Å²) in [5.41, 5.74) is -0.0280. The van der Waals surface area contributed by atoms with Gasteiger partial charge < -0.3 is 15.3 Å². The van der Waals surface area contributed by atoms with Crippen molar-refractivity contribution < 1.29 is 20.1 Å². The van der Waals surface area contributed by atoms with Crippen LogP contribution in [0.4, 0.5) is 0 Å². The molecule has 0 heterocycles. The summed E-state index contributed by atoms with van der Waals surface area (Å²) in [6.07, 6.45) is 7.12. The highest BCUT2D eigenvalue weighted by atomic mass is 16.3. The standard InChI is InChI=1S/C21H34O4/c1-20-8-7-13(23)9-12(20)3-4-14-15-5-6-16(18(25)11-22)21(15,2)10-17(24)19(14)20/h12-17,19,22-24H,3-11H2,1-2H3/t12-,13+,14+,15+,16-,17-,19-,20-,21-/m0/s1. The molecule has 25 heavy (non-hydrogen) atoms. The lowest BCUT2D eigenvalue weighted by molar-refractivity contribution is -0.179. The van der Waals surface area contributed by atoms with Crippen LogP contribution in [0.3, 0.4) is 0 Å². The molecule has 4 fully saturated rings.